The quantitative estimate of drug-likeness (QED) is 0.409. The summed E-state index contributed by atoms with van der Waals surface area (Å²) in [4.78, 5) is 0. The van der Waals surface area contributed by atoms with Gasteiger partial charge in [0, 0.05) is 0 Å². The van der Waals surface area contributed by atoms with Gasteiger partial charge in [-0.1, -0.05) is 25.7 Å². The SMILES string of the molecule is C[N-]C1CCCC1.[K+]. The van der Waals surface area contributed by atoms with Crippen molar-refractivity contribution in [3.63, 3.8) is 0 Å². The molecule has 0 N–H and O–H groups in total. The Labute approximate surface area is 94.0 Å². The minimum Gasteiger partial charge on any atom is -0.662 e. The summed E-state index contributed by atoms with van der Waals surface area (Å²) in [6, 6.07) is 0.722. The fourth-order valence-electron chi connectivity index (χ4n) is 1.16. The van der Waals surface area contributed by atoms with Gasteiger partial charge in [0.25, 0.3) is 0 Å². The maximum Gasteiger partial charge on any atom is 1.00 e. The summed E-state index contributed by atoms with van der Waals surface area (Å²) in [6.07, 6.45) is 5.50. The monoisotopic (exact) mass is 137 g/mol. The van der Waals surface area contributed by atoms with E-state index < -0.39 is 0 Å². The molecule has 0 radical (unpaired) electrons. The van der Waals surface area contributed by atoms with E-state index in [1.54, 1.807) is 0 Å². The van der Waals surface area contributed by atoms with Crippen molar-refractivity contribution in [1.29, 1.82) is 0 Å². The summed E-state index contributed by atoms with van der Waals surface area (Å²) < 4.78 is 0. The van der Waals surface area contributed by atoms with Crippen LogP contribution in [-0.4, -0.2) is 13.1 Å². The Kier molecular flexibility index (Phi) is 6.46. The van der Waals surface area contributed by atoms with E-state index in [2.05, 4.69) is 5.32 Å². The Balaban J connectivity index is 0.000000490. The number of hydrogen-bond acceptors (Lipinski definition) is 0. The molecule has 0 aromatic carbocycles. The van der Waals surface area contributed by atoms with Gasteiger partial charge in [0.15, 0.2) is 0 Å². The van der Waals surface area contributed by atoms with Crippen molar-refractivity contribution in [1.82, 2.24) is 0 Å². The van der Waals surface area contributed by atoms with Crippen LogP contribution in [0.2, 0.25) is 0 Å². The minimum atomic E-state index is 0. The van der Waals surface area contributed by atoms with Gasteiger partial charge >= 0.3 is 51.4 Å². The molecule has 1 aliphatic rings. The zero-order chi connectivity index (χ0) is 5.11. The smallest absolute Gasteiger partial charge is 0.662 e. The summed E-state index contributed by atoms with van der Waals surface area (Å²) in [5.41, 5.74) is 0. The third kappa shape index (κ3) is 2.94. The van der Waals surface area contributed by atoms with Crippen LogP contribution in [0.3, 0.4) is 0 Å². The molecule has 0 aromatic rings. The van der Waals surface area contributed by atoms with Gasteiger partial charge in [-0.15, -0.1) is 6.04 Å². The third-order valence-electron chi connectivity index (χ3n) is 1.69. The van der Waals surface area contributed by atoms with Crippen molar-refractivity contribution >= 4 is 0 Å². The van der Waals surface area contributed by atoms with Crippen LogP contribution in [-0.2, 0) is 0 Å². The van der Waals surface area contributed by atoms with Gasteiger partial charge in [-0.3, -0.25) is 0 Å². The topological polar surface area (TPSA) is 14.1 Å². The standard InChI is InChI=1S/C6H12N.K/c1-7-6-4-2-3-5-6;/h6H,2-5H2,1H3;/q-1;+1. The summed E-state index contributed by atoms with van der Waals surface area (Å²) in [5, 5.41) is 4.19. The van der Waals surface area contributed by atoms with E-state index in [1.807, 2.05) is 7.05 Å². The van der Waals surface area contributed by atoms with Gasteiger partial charge in [0.1, 0.15) is 0 Å². The molecule has 1 rings (SSSR count). The minimum absolute atomic E-state index is 0. The van der Waals surface area contributed by atoms with E-state index in [4.69, 9.17) is 0 Å². The molecule has 0 spiro atoms. The van der Waals surface area contributed by atoms with Gasteiger partial charge in [-0.2, -0.15) is 7.05 Å². The maximum atomic E-state index is 4.19. The largest absolute Gasteiger partial charge is 1.00 e. The molecule has 1 saturated carbocycles. The van der Waals surface area contributed by atoms with Crippen LogP contribution in [0.15, 0.2) is 0 Å². The normalized spacial score (nSPS) is 20.6. The average molecular weight is 137 g/mol. The predicted molar refractivity (Wildman–Crippen MR) is 31.5 cm³/mol. The molecular weight excluding hydrogens is 125 g/mol. The van der Waals surface area contributed by atoms with E-state index in [0.717, 1.165) is 6.04 Å². The summed E-state index contributed by atoms with van der Waals surface area (Å²) >= 11 is 0. The first-order valence-electron chi connectivity index (χ1n) is 3.02. The Morgan fingerprint density at radius 3 is 2.00 bits per heavy atom. The Bertz CT molecular complexity index is 50.5. The van der Waals surface area contributed by atoms with Crippen molar-refractivity contribution in [2.45, 2.75) is 31.7 Å². The molecular formula is C6H12KN. The van der Waals surface area contributed by atoms with E-state index in [-0.39, 0.29) is 51.4 Å². The van der Waals surface area contributed by atoms with Gasteiger partial charge in [-0.25, -0.2) is 0 Å². The molecule has 0 saturated heterocycles. The first kappa shape index (κ1) is 9.60. The molecule has 0 aliphatic heterocycles. The van der Waals surface area contributed by atoms with E-state index in [9.17, 15) is 0 Å². The second kappa shape index (κ2) is 5.39. The number of rotatable bonds is 1. The van der Waals surface area contributed by atoms with Crippen LogP contribution in [0, 0.1) is 0 Å². The molecule has 42 valence electrons. The summed E-state index contributed by atoms with van der Waals surface area (Å²) in [5.74, 6) is 0. The van der Waals surface area contributed by atoms with Crippen LogP contribution in [0.1, 0.15) is 25.7 Å². The van der Waals surface area contributed by atoms with Gasteiger partial charge in [0.05, 0.1) is 0 Å². The van der Waals surface area contributed by atoms with Gasteiger partial charge in [-0.05, 0) is 0 Å². The molecule has 0 amide bonds. The molecule has 0 aromatic heterocycles. The second-order valence-electron chi connectivity index (χ2n) is 2.20. The van der Waals surface area contributed by atoms with E-state index >= 15 is 0 Å². The molecule has 1 fully saturated rings. The summed E-state index contributed by atoms with van der Waals surface area (Å²) in [7, 11) is 1.93. The molecule has 0 atom stereocenters. The third-order valence-corrected chi connectivity index (χ3v) is 1.69. The van der Waals surface area contributed by atoms with Crippen molar-refractivity contribution < 1.29 is 51.4 Å². The first-order valence-corrected chi connectivity index (χ1v) is 3.02. The number of hydrogen-bond donors (Lipinski definition) is 0. The maximum absolute atomic E-state index is 4.19. The fraction of sp³-hybridized carbons (Fsp3) is 1.00. The molecule has 1 aliphatic carbocycles. The zero-order valence-electron chi connectivity index (χ0n) is 5.85. The van der Waals surface area contributed by atoms with Gasteiger partial charge < -0.3 is 5.32 Å². The Morgan fingerprint density at radius 2 is 1.75 bits per heavy atom. The Hall–Kier alpha value is 1.60. The van der Waals surface area contributed by atoms with Crippen LogP contribution in [0.25, 0.3) is 5.32 Å². The predicted octanol–water partition coefficient (Wildman–Crippen LogP) is -1.06. The van der Waals surface area contributed by atoms with Crippen molar-refractivity contribution in [2.75, 3.05) is 7.05 Å². The molecule has 1 nitrogen and oxygen atoms in total. The van der Waals surface area contributed by atoms with E-state index in [0.29, 0.717) is 0 Å². The molecule has 8 heavy (non-hydrogen) atoms. The zero-order valence-corrected chi connectivity index (χ0v) is 8.98. The van der Waals surface area contributed by atoms with Crippen LogP contribution in [0.5, 0.6) is 0 Å². The van der Waals surface area contributed by atoms with Crippen LogP contribution in [0.4, 0.5) is 0 Å². The molecule has 0 bridgehead atoms. The van der Waals surface area contributed by atoms with Gasteiger partial charge in [0.2, 0.25) is 0 Å². The Morgan fingerprint density at radius 1 is 1.25 bits per heavy atom. The molecule has 0 unspecified atom stereocenters. The average Bonchev–Trinajstić information content (AvgIpc) is 2.14. The van der Waals surface area contributed by atoms with Crippen molar-refractivity contribution in [2.24, 2.45) is 0 Å². The molecule has 2 heteroatoms. The fourth-order valence-corrected chi connectivity index (χ4v) is 1.16. The summed E-state index contributed by atoms with van der Waals surface area (Å²) in [6.45, 7) is 0. The first-order chi connectivity index (χ1) is 3.43. The second-order valence-corrected chi connectivity index (χ2v) is 2.20. The van der Waals surface area contributed by atoms with Crippen molar-refractivity contribution in [3.8, 4) is 0 Å². The van der Waals surface area contributed by atoms with Crippen molar-refractivity contribution in [3.05, 3.63) is 5.32 Å². The van der Waals surface area contributed by atoms with Crippen LogP contribution >= 0.6 is 0 Å². The molecule has 0 heterocycles. The van der Waals surface area contributed by atoms with E-state index in [1.165, 1.54) is 25.7 Å². The number of nitrogens with zero attached hydrogens (tertiary/aromatic N) is 1. The van der Waals surface area contributed by atoms with Crippen LogP contribution < -0.4 is 51.4 Å².